The highest BCUT2D eigenvalue weighted by Gasteiger charge is 2.39. The van der Waals surface area contributed by atoms with Gasteiger partial charge in [0, 0.05) is 25.0 Å². The van der Waals surface area contributed by atoms with Gasteiger partial charge in [-0.05, 0) is 48.0 Å². The molecule has 30 heavy (non-hydrogen) atoms. The molecule has 158 valence electrons. The third kappa shape index (κ3) is 3.33. The Hall–Kier alpha value is -2.91. The monoisotopic (exact) mass is 434 g/mol. The molecule has 0 N–H and O–H groups in total. The first kappa shape index (κ1) is 20.4. The number of methoxy groups -OCH3 is 2. The van der Waals surface area contributed by atoms with Gasteiger partial charge in [0.1, 0.15) is 16.5 Å². The number of fused-ring (bicyclic) bond motifs is 1. The van der Waals surface area contributed by atoms with E-state index in [-0.39, 0.29) is 6.54 Å². The maximum absolute atomic E-state index is 14.4. The van der Waals surface area contributed by atoms with Crippen molar-refractivity contribution in [3.05, 3.63) is 77.6 Å². The molecule has 0 saturated heterocycles. The molecule has 1 aliphatic heterocycles. The van der Waals surface area contributed by atoms with Crippen LogP contribution >= 0.6 is 0 Å². The lowest BCUT2D eigenvalue weighted by atomic mass is 10.0. The van der Waals surface area contributed by atoms with Crippen LogP contribution < -0.4 is 9.47 Å². The number of sulfonamides is 1. The maximum Gasteiger partial charge on any atom is 0.247 e. The summed E-state index contributed by atoms with van der Waals surface area (Å²) in [5.41, 5.74) is 1.33. The number of nitrogens with zero attached hydrogens (tertiary/aromatic N) is 2. The third-order valence-corrected chi connectivity index (χ3v) is 7.08. The van der Waals surface area contributed by atoms with Crippen LogP contribution in [0.4, 0.5) is 8.78 Å². The van der Waals surface area contributed by atoms with E-state index < -0.39 is 32.6 Å². The summed E-state index contributed by atoms with van der Waals surface area (Å²) in [6.45, 7) is 0.487. The lowest BCUT2D eigenvalue weighted by Gasteiger charge is -2.36. The van der Waals surface area contributed by atoms with Crippen LogP contribution in [0.5, 0.6) is 11.5 Å². The second-order valence-electron chi connectivity index (χ2n) is 6.83. The number of hydrogen-bond donors (Lipinski definition) is 0. The van der Waals surface area contributed by atoms with Gasteiger partial charge in [0.2, 0.25) is 10.0 Å². The normalized spacial score (nSPS) is 16.9. The summed E-state index contributed by atoms with van der Waals surface area (Å²) in [7, 11) is -1.34. The van der Waals surface area contributed by atoms with Crippen LogP contribution in [-0.2, 0) is 16.6 Å². The molecule has 0 saturated carbocycles. The molecule has 2 heterocycles. The zero-order chi connectivity index (χ0) is 21.5. The van der Waals surface area contributed by atoms with Crippen LogP contribution in [0.2, 0.25) is 0 Å². The summed E-state index contributed by atoms with van der Waals surface area (Å²) in [4.78, 5) is -0.687. The molecular weight excluding hydrogens is 414 g/mol. The van der Waals surface area contributed by atoms with Crippen LogP contribution in [0.3, 0.4) is 0 Å². The molecule has 0 aliphatic carbocycles. The molecule has 1 atom stereocenters. The Morgan fingerprint density at radius 1 is 0.967 bits per heavy atom. The van der Waals surface area contributed by atoms with Gasteiger partial charge in [0.25, 0.3) is 0 Å². The fourth-order valence-corrected chi connectivity index (χ4v) is 5.44. The quantitative estimate of drug-likeness (QED) is 0.616. The number of rotatable bonds is 5. The van der Waals surface area contributed by atoms with Gasteiger partial charge in [-0.2, -0.15) is 4.31 Å². The lowest BCUT2D eigenvalue weighted by molar-refractivity contribution is 0.295. The number of halogens is 2. The molecule has 0 fully saturated rings. The van der Waals surface area contributed by atoms with Crippen molar-refractivity contribution in [2.45, 2.75) is 17.5 Å². The smallest absolute Gasteiger partial charge is 0.247 e. The van der Waals surface area contributed by atoms with Crippen molar-refractivity contribution < 1.29 is 26.7 Å². The summed E-state index contributed by atoms with van der Waals surface area (Å²) in [5.74, 6) is -0.882. The molecule has 6 nitrogen and oxygen atoms in total. The van der Waals surface area contributed by atoms with E-state index in [1.165, 1.54) is 18.5 Å². The summed E-state index contributed by atoms with van der Waals surface area (Å²) in [6.07, 6.45) is 1.86. The molecule has 3 aromatic rings. The van der Waals surface area contributed by atoms with Crippen molar-refractivity contribution in [1.82, 2.24) is 8.87 Å². The van der Waals surface area contributed by atoms with E-state index in [0.29, 0.717) is 35.4 Å². The second-order valence-corrected chi connectivity index (χ2v) is 8.69. The zero-order valence-corrected chi connectivity index (χ0v) is 17.2. The van der Waals surface area contributed by atoms with Crippen LogP contribution in [0.1, 0.15) is 17.3 Å². The van der Waals surface area contributed by atoms with Gasteiger partial charge in [-0.3, -0.25) is 0 Å². The number of aromatic nitrogens is 1. The Labute approximate surface area is 173 Å². The van der Waals surface area contributed by atoms with E-state index in [1.54, 1.807) is 18.2 Å². The predicted octanol–water partition coefficient (Wildman–Crippen LogP) is 3.58. The summed E-state index contributed by atoms with van der Waals surface area (Å²) >= 11 is 0. The molecule has 4 rings (SSSR count). The fraction of sp³-hybridized carbons (Fsp3) is 0.238. The van der Waals surface area contributed by atoms with Crippen molar-refractivity contribution in [3.8, 4) is 11.5 Å². The van der Waals surface area contributed by atoms with Crippen molar-refractivity contribution in [3.63, 3.8) is 0 Å². The van der Waals surface area contributed by atoms with Crippen LogP contribution in [0, 0.1) is 11.6 Å². The lowest BCUT2D eigenvalue weighted by Crippen LogP contribution is -2.42. The van der Waals surface area contributed by atoms with Crippen molar-refractivity contribution in [1.29, 1.82) is 0 Å². The van der Waals surface area contributed by atoms with Crippen LogP contribution in [-0.4, -0.2) is 38.1 Å². The third-order valence-electron chi connectivity index (χ3n) is 5.20. The molecule has 0 unspecified atom stereocenters. The van der Waals surface area contributed by atoms with Gasteiger partial charge in [-0.25, -0.2) is 17.2 Å². The van der Waals surface area contributed by atoms with Gasteiger partial charge >= 0.3 is 0 Å². The van der Waals surface area contributed by atoms with E-state index in [0.717, 1.165) is 12.1 Å². The Kier molecular flexibility index (Phi) is 5.25. The predicted molar refractivity (Wildman–Crippen MR) is 106 cm³/mol. The highest BCUT2D eigenvalue weighted by atomic mass is 32.2. The topological polar surface area (TPSA) is 60.8 Å². The Balaban J connectivity index is 1.88. The molecule has 0 spiro atoms. The Morgan fingerprint density at radius 3 is 2.47 bits per heavy atom. The minimum atomic E-state index is -4.34. The van der Waals surface area contributed by atoms with E-state index >= 15 is 0 Å². The van der Waals surface area contributed by atoms with Crippen molar-refractivity contribution in [2.75, 3.05) is 20.8 Å². The first-order valence-electron chi connectivity index (χ1n) is 9.20. The van der Waals surface area contributed by atoms with E-state index in [4.69, 9.17) is 9.47 Å². The van der Waals surface area contributed by atoms with Gasteiger partial charge in [0.05, 0.1) is 20.3 Å². The summed E-state index contributed by atoms with van der Waals surface area (Å²) < 4.78 is 68.7. The minimum Gasteiger partial charge on any atom is -0.493 e. The average molecular weight is 434 g/mol. The van der Waals surface area contributed by atoms with Gasteiger partial charge in [0.15, 0.2) is 11.5 Å². The number of hydrogen-bond acceptors (Lipinski definition) is 4. The highest BCUT2D eigenvalue weighted by Crippen LogP contribution is 2.40. The molecule has 0 bridgehead atoms. The van der Waals surface area contributed by atoms with Gasteiger partial charge in [-0.1, -0.05) is 6.07 Å². The average Bonchev–Trinajstić information content (AvgIpc) is 3.23. The minimum absolute atomic E-state index is 0.0962. The molecule has 9 heteroatoms. The summed E-state index contributed by atoms with van der Waals surface area (Å²) in [5, 5.41) is 0. The van der Waals surface area contributed by atoms with E-state index in [2.05, 4.69) is 0 Å². The molecule has 2 aromatic carbocycles. The van der Waals surface area contributed by atoms with Crippen LogP contribution in [0.15, 0.2) is 59.6 Å². The molecule has 1 aliphatic rings. The largest absolute Gasteiger partial charge is 0.493 e. The number of ether oxygens (including phenoxy) is 2. The molecule has 0 amide bonds. The van der Waals surface area contributed by atoms with Gasteiger partial charge in [-0.15, -0.1) is 0 Å². The summed E-state index contributed by atoms with van der Waals surface area (Å²) in [6, 6.07) is 10.4. The fourth-order valence-electron chi connectivity index (χ4n) is 3.78. The first-order chi connectivity index (χ1) is 14.4. The van der Waals surface area contributed by atoms with E-state index in [9.17, 15) is 17.2 Å². The Morgan fingerprint density at radius 2 is 1.73 bits per heavy atom. The first-order valence-corrected chi connectivity index (χ1v) is 10.6. The van der Waals surface area contributed by atoms with Crippen molar-refractivity contribution >= 4 is 10.0 Å². The standard InChI is InChI=1S/C21H20F2N2O4S/c1-28-18-8-5-14(12-19(18)29-2)21-17-4-3-9-24(17)10-11-25(21)30(26,27)20-13-15(22)6-7-16(20)23/h3-9,12-13,21H,10-11H2,1-2H3/t21-/m1/s1. The number of benzene rings is 2. The van der Waals surface area contributed by atoms with Crippen LogP contribution in [0.25, 0.3) is 0 Å². The van der Waals surface area contributed by atoms with Gasteiger partial charge < -0.3 is 14.0 Å². The molecule has 0 radical (unpaired) electrons. The van der Waals surface area contributed by atoms with E-state index in [1.807, 2.05) is 22.9 Å². The SMILES string of the molecule is COc1ccc([C@@H]2c3cccn3CCN2S(=O)(=O)c2cc(F)ccc2F)cc1OC. The highest BCUT2D eigenvalue weighted by molar-refractivity contribution is 7.89. The van der Waals surface area contributed by atoms with Crippen molar-refractivity contribution in [2.24, 2.45) is 0 Å². The second kappa shape index (κ2) is 7.73. The molecular formula is C21H20F2N2O4S. The zero-order valence-electron chi connectivity index (χ0n) is 16.4. The molecule has 1 aromatic heterocycles. The Bertz CT molecular complexity index is 1190. The maximum atomic E-state index is 14.4.